The summed E-state index contributed by atoms with van der Waals surface area (Å²) in [5.74, 6) is 0.383. The van der Waals surface area contributed by atoms with Crippen molar-refractivity contribution in [3.63, 3.8) is 0 Å². The van der Waals surface area contributed by atoms with Gasteiger partial charge in [-0.1, -0.05) is 18.6 Å². The maximum Gasteiger partial charge on any atom is 0.305 e. The molecule has 1 aromatic carbocycles. The smallest absolute Gasteiger partial charge is 0.305 e. The minimum atomic E-state index is -0.109. The van der Waals surface area contributed by atoms with E-state index in [0.717, 1.165) is 31.4 Å². The van der Waals surface area contributed by atoms with Crippen LogP contribution in [0.5, 0.6) is 0 Å². The van der Waals surface area contributed by atoms with Crippen molar-refractivity contribution in [1.29, 1.82) is 0 Å². The molecule has 2 aromatic rings. The summed E-state index contributed by atoms with van der Waals surface area (Å²) in [5, 5.41) is 3.28. The van der Waals surface area contributed by atoms with Crippen molar-refractivity contribution in [2.45, 2.75) is 39.0 Å². The number of halogens is 1. The van der Waals surface area contributed by atoms with Gasteiger partial charge in [-0.25, -0.2) is 4.98 Å². The van der Waals surface area contributed by atoms with Gasteiger partial charge in [-0.15, -0.1) is 0 Å². The number of nitrogen functional groups attached to an aromatic ring is 1. The monoisotopic (exact) mass is 362 g/mol. The number of unbranched alkanes of at least 4 members (excludes halogenated alkanes) is 2. The van der Waals surface area contributed by atoms with E-state index in [9.17, 15) is 4.79 Å². The van der Waals surface area contributed by atoms with E-state index < -0.39 is 0 Å². The summed E-state index contributed by atoms with van der Waals surface area (Å²) in [6.07, 6.45) is 5.87. The van der Waals surface area contributed by atoms with Crippen molar-refractivity contribution >= 4 is 34.8 Å². The predicted octanol–water partition coefficient (Wildman–Crippen LogP) is 4.12. The lowest BCUT2D eigenvalue weighted by Gasteiger charge is -2.09. The lowest BCUT2D eigenvalue weighted by molar-refractivity contribution is -0.143. The maximum absolute atomic E-state index is 11.3. The summed E-state index contributed by atoms with van der Waals surface area (Å²) in [6.45, 7) is 2.27. The number of rotatable bonds is 9. The molecule has 3 N–H and O–H groups in total. The second-order valence-corrected chi connectivity index (χ2v) is 5.97. The molecule has 0 aliphatic carbocycles. The summed E-state index contributed by atoms with van der Waals surface area (Å²) in [5.41, 5.74) is 8.39. The Labute approximate surface area is 152 Å². The zero-order valence-electron chi connectivity index (χ0n) is 14.3. The van der Waals surface area contributed by atoms with Crippen LogP contribution in [0.3, 0.4) is 0 Å². The van der Waals surface area contributed by atoms with Gasteiger partial charge in [0, 0.05) is 12.1 Å². The first-order valence-electron chi connectivity index (χ1n) is 8.38. The van der Waals surface area contributed by atoms with Gasteiger partial charge in [-0.2, -0.15) is 4.98 Å². The molecule has 0 aliphatic heterocycles. The molecule has 0 radical (unpaired) electrons. The predicted molar refractivity (Wildman–Crippen MR) is 100.0 cm³/mol. The van der Waals surface area contributed by atoms with Crippen molar-refractivity contribution in [2.24, 2.45) is 0 Å². The average Bonchev–Trinajstić information content (AvgIpc) is 2.59. The Morgan fingerprint density at radius 3 is 2.72 bits per heavy atom. The number of nitrogens with one attached hydrogen (secondary N) is 1. The molecule has 0 unspecified atom stereocenters. The van der Waals surface area contributed by atoms with Crippen LogP contribution in [0, 0.1) is 0 Å². The van der Waals surface area contributed by atoms with Gasteiger partial charge in [-0.3, -0.25) is 4.79 Å². The van der Waals surface area contributed by atoms with Gasteiger partial charge in [0.15, 0.2) is 5.82 Å². The molecule has 0 fully saturated rings. The standard InChI is InChI=1S/C18H23ClN4O2/c1-2-25-16(24)7-5-3-4-6-13-8-10-14(11-9-13)22-17-15(20)12-21-18(19)23-17/h8-12H,2-7,20H2,1H3,(H,21,22,23). The van der Waals surface area contributed by atoms with E-state index in [2.05, 4.69) is 27.4 Å². The Hall–Kier alpha value is -2.34. The molecule has 0 atom stereocenters. The molecule has 0 spiro atoms. The number of benzene rings is 1. The molecule has 134 valence electrons. The molecule has 7 heteroatoms. The van der Waals surface area contributed by atoms with Crippen LogP contribution in [0.15, 0.2) is 30.5 Å². The highest BCUT2D eigenvalue weighted by Crippen LogP contribution is 2.22. The highest BCUT2D eigenvalue weighted by atomic mass is 35.5. The van der Waals surface area contributed by atoms with E-state index >= 15 is 0 Å². The zero-order chi connectivity index (χ0) is 18.1. The molecule has 1 heterocycles. The van der Waals surface area contributed by atoms with Crippen LogP contribution in [0.25, 0.3) is 0 Å². The Morgan fingerprint density at radius 1 is 1.24 bits per heavy atom. The third-order valence-corrected chi connectivity index (χ3v) is 3.84. The fourth-order valence-electron chi connectivity index (χ4n) is 2.37. The minimum Gasteiger partial charge on any atom is -0.466 e. The number of ether oxygens (including phenoxy) is 1. The largest absolute Gasteiger partial charge is 0.466 e. The second kappa shape index (κ2) is 9.84. The molecule has 0 bridgehead atoms. The Kier molecular flexibility index (Phi) is 7.47. The lowest BCUT2D eigenvalue weighted by atomic mass is 10.1. The highest BCUT2D eigenvalue weighted by Gasteiger charge is 2.04. The second-order valence-electron chi connectivity index (χ2n) is 5.63. The summed E-state index contributed by atoms with van der Waals surface area (Å²) in [4.78, 5) is 19.1. The molecular formula is C18H23ClN4O2. The highest BCUT2D eigenvalue weighted by molar-refractivity contribution is 6.28. The Balaban J connectivity index is 1.76. The molecule has 0 aliphatic rings. The first kappa shape index (κ1) is 19.0. The third kappa shape index (κ3) is 6.58. The molecule has 6 nitrogen and oxygen atoms in total. The van der Waals surface area contributed by atoms with Gasteiger partial charge in [-0.05, 0) is 55.5 Å². The topological polar surface area (TPSA) is 90.1 Å². The van der Waals surface area contributed by atoms with Crippen LogP contribution in [0.4, 0.5) is 17.2 Å². The van der Waals surface area contributed by atoms with Crippen LogP contribution < -0.4 is 11.1 Å². The fourth-order valence-corrected chi connectivity index (χ4v) is 2.50. The van der Waals surface area contributed by atoms with Gasteiger partial charge in [0.2, 0.25) is 5.28 Å². The normalized spacial score (nSPS) is 10.5. The number of carbonyl (C=O) groups is 1. The van der Waals surface area contributed by atoms with Crippen molar-refractivity contribution < 1.29 is 9.53 Å². The number of carbonyl (C=O) groups excluding carboxylic acids is 1. The molecule has 25 heavy (non-hydrogen) atoms. The van der Waals surface area contributed by atoms with Crippen molar-refractivity contribution in [3.8, 4) is 0 Å². The number of hydrogen-bond acceptors (Lipinski definition) is 6. The first-order valence-corrected chi connectivity index (χ1v) is 8.76. The van der Waals surface area contributed by atoms with Gasteiger partial charge in [0.1, 0.15) is 0 Å². The molecular weight excluding hydrogens is 340 g/mol. The summed E-state index contributed by atoms with van der Waals surface area (Å²) >= 11 is 5.78. The van der Waals surface area contributed by atoms with E-state index in [-0.39, 0.29) is 11.3 Å². The van der Waals surface area contributed by atoms with E-state index in [1.807, 2.05) is 19.1 Å². The van der Waals surface area contributed by atoms with Crippen LogP contribution in [-0.4, -0.2) is 22.5 Å². The molecule has 1 aromatic heterocycles. The molecule has 0 saturated heterocycles. The number of anilines is 3. The molecule has 0 amide bonds. The van der Waals surface area contributed by atoms with Gasteiger partial charge in [0.25, 0.3) is 0 Å². The number of aryl methyl sites for hydroxylation is 1. The van der Waals surface area contributed by atoms with Gasteiger partial charge < -0.3 is 15.8 Å². The van der Waals surface area contributed by atoms with Gasteiger partial charge in [0.05, 0.1) is 18.5 Å². The Bertz CT molecular complexity index is 692. The van der Waals surface area contributed by atoms with Crippen molar-refractivity contribution in [3.05, 3.63) is 41.3 Å². The number of esters is 1. The first-order chi connectivity index (χ1) is 12.1. The van der Waals surface area contributed by atoms with Gasteiger partial charge >= 0.3 is 5.97 Å². The quantitative estimate of drug-likeness (QED) is 0.396. The van der Waals surface area contributed by atoms with Crippen LogP contribution >= 0.6 is 11.6 Å². The lowest BCUT2D eigenvalue weighted by Crippen LogP contribution is -2.03. The SMILES string of the molecule is CCOC(=O)CCCCCc1ccc(Nc2nc(Cl)ncc2N)cc1. The fraction of sp³-hybridized carbons (Fsp3) is 0.389. The zero-order valence-corrected chi connectivity index (χ0v) is 15.1. The van der Waals surface area contributed by atoms with Crippen LogP contribution in [0.1, 0.15) is 38.2 Å². The van der Waals surface area contributed by atoms with Crippen LogP contribution in [-0.2, 0) is 16.0 Å². The van der Waals surface area contributed by atoms with Crippen LogP contribution in [0.2, 0.25) is 5.28 Å². The number of hydrogen-bond donors (Lipinski definition) is 2. The third-order valence-electron chi connectivity index (χ3n) is 3.66. The van der Waals surface area contributed by atoms with Crippen molar-refractivity contribution in [2.75, 3.05) is 17.7 Å². The van der Waals surface area contributed by atoms with E-state index in [1.165, 1.54) is 11.8 Å². The van der Waals surface area contributed by atoms with Crippen molar-refractivity contribution in [1.82, 2.24) is 9.97 Å². The molecule has 0 saturated carbocycles. The van der Waals surface area contributed by atoms with E-state index in [1.54, 1.807) is 0 Å². The summed E-state index contributed by atoms with van der Waals surface area (Å²) in [6, 6.07) is 8.08. The maximum atomic E-state index is 11.3. The number of aromatic nitrogens is 2. The molecule has 2 rings (SSSR count). The summed E-state index contributed by atoms with van der Waals surface area (Å²) < 4.78 is 4.91. The number of nitrogens with zero attached hydrogens (tertiary/aromatic N) is 2. The summed E-state index contributed by atoms with van der Waals surface area (Å²) in [7, 11) is 0. The average molecular weight is 363 g/mol. The number of nitrogens with two attached hydrogens (primary N) is 1. The Morgan fingerprint density at radius 2 is 2.00 bits per heavy atom. The minimum absolute atomic E-state index is 0.109. The van der Waals surface area contributed by atoms with E-state index in [4.69, 9.17) is 22.1 Å². The van der Waals surface area contributed by atoms with E-state index in [0.29, 0.717) is 24.5 Å².